The number of hydrogen-bond donors (Lipinski definition) is 0. The van der Waals surface area contributed by atoms with Gasteiger partial charge in [0.15, 0.2) is 5.82 Å². The maximum absolute atomic E-state index is 12.9. The van der Waals surface area contributed by atoms with Gasteiger partial charge in [0.05, 0.1) is 0 Å². The fourth-order valence-electron chi connectivity index (χ4n) is 2.90. The molecule has 0 saturated heterocycles. The van der Waals surface area contributed by atoms with Crippen LogP contribution < -0.4 is 4.90 Å². The largest absolute Gasteiger partial charge is 0.339 e. The Kier molecular flexibility index (Phi) is 8.56. The zero-order valence-corrected chi connectivity index (χ0v) is 19.5. The van der Waals surface area contributed by atoms with Gasteiger partial charge in [0, 0.05) is 35.8 Å². The van der Waals surface area contributed by atoms with Crippen molar-refractivity contribution in [2.24, 2.45) is 0 Å². The Morgan fingerprint density at radius 3 is 2.66 bits per heavy atom. The molecule has 6 nitrogen and oxygen atoms in total. The molecular formula is C22H31BrN4O2. The molecule has 1 amide bonds. The molecule has 7 heteroatoms. The first-order valence-corrected chi connectivity index (χ1v) is 11.0. The lowest BCUT2D eigenvalue weighted by Crippen LogP contribution is -2.33. The molecular weight excluding hydrogens is 432 g/mol. The van der Waals surface area contributed by atoms with Gasteiger partial charge in [-0.15, -0.1) is 0 Å². The Morgan fingerprint density at radius 1 is 1.28 bits per heavy atom. The summed E-state index contributed by atoms with van der Waals surface area (Å²) >= 11 is 3.39. The molecule has 0 fully saturated rings. The highest BCUT2D eigenvalue weighted by Gasteiger charge is 2.22. The van der Waals surface area contributed by atoms with Crippen LogP contribution in [-0.4, -0.2) is 27.6 Å². The van der Waals surface area contributed by atoms with Gasteiger partial charge in [-0.1, -0.05) is 52.3 Å². The van der Waals surface area contributed by atoms with Crippen molar-refractivity contribution in [3.63, 3.8) is 0 Å². The molecule has 29 heavy (non-hydrogen) atoms. The molecule has 0 unspecified atom stereocenters. The van der Waals surface area contributed by atoms with Crippen molar-refractivity contribution in [3.05, 3.63) is 46.8 Å². The van der Waals surface area contributed by atoms with Gasteiger partial charge in [-0.3, -0.25) is 4.79 Å². The van der Waals surface area contributed by atoms with E-state index in [1.807, 2.05) is 12.1 Å². The Bertz CT molecular complexity index is 826. The lowest BCUT2D eigenvalue weighted by atomic mass is 9.97. The Morgan fingerprint density at radius 2 is 2.03 bits per heavy atom. The van der Waals surface area contributed by atoms with Crippen molar-refractivity contribution in [1.29, 1.82) is 0 Å². The number of carbonyl (C=O) groups excluding carboxylic acids is 1. The summed E-state index contributed by atoms with van der Waals surface area (Å²) in [5.41, 5.74) is 1.34. The molecule has 2 rings (SSSR count). The first-order valence-electron chi connectivity index (χ1n) is 10.2. The summed E-state index contributed by atoms with van der Waals surface area (Å²) in [4.78, 5) is 23.3. The molecule has 0 spiro atoms. The van der Waals surface area contributed by atoms with Crippen molar-refractivity contribution in [2.75, 3.05) is 11.4 Å². The second-order valence-electron chi connectivity index (χ2n) is 8.22. The van der Waals surface area contributed by atoms with Gasteiger partial charge >= 0.3 is 0 Å². The van der Waals surface area contributed by atoms with E-state index in [4.69, 9.17) is 4.52 Å². The number of aromatic nitrogens is 3. The number of unbranched alkanes of at least 4 members (excludes halogenated alkanes) is 2. The standard InChI is InChI=1S/C22H31BrN4O2/c1-6-10-16(2)20(28)27(17-12-13-24-18(23)15-17)14-9-7-8-11-19-25-21(29-26-19)22(3,4)5/h12-13,15H,2,6-11,14H2,1,3-5H3. The van der Waals surface area contributed by atoms with Crippen molar-refractivity contribution >= 4 is 27.5 Å². The molecule has 0 aliphatic heterocycles. The molecule has 0 radical (unpaired) electrons. The topological polar surface area (TPSA) is 72.1 Å². The van der Waals surface area contributed by atoms with E-state index in [1.54, 1.807) is 11.1 Å². The van der Waals surface area contributed by atoms with E-state index in [0.29, 0.717) is 29.0 Å². The summed E-state index contributed by atoms with van der Waals surface area (Å²) < 4.78 is 6.05. The van der Waals surface area contributed by atoms with Gasteiger partial charge in [0.2, 0.25) is 5.89 Å². The summed E-state index contributed by atoms with van der Waals surface area (Å²) in [5, 5.41) is 4.07. The minimum atomic E-state index is -0.133. The molecule has 0 atom stereocenters. The van der Waals surface area contributed by atoms with Gasteiger partial charge in [0.1, 0.15) is 4.60 Å². The molecule has 2 heterocycles. The Hall–Kier alpha value is -2.02. The van der Waals surface area contributed by atoms with Crippen LogP contribution in [-0.2, 0) is 16.6 Å². The van der Waals surface area contributed by atoms with Crippen molar-refractivity contribution in [1.82, 2.24) is 15.1 Å². The van der Waals surface area contributed by atoms with E-state index in [2.05, 4.69) is 65.3 Å². The predicted octanol–water partition coefficient (Wildman–Crippen LogP) is 5.63. The quantitative estimate of drug-likeness (QED) is 0.260. The van der Waals surface area contributed by atoms with Crippen LogP contribution in [0.15, 0.2) is 39.6 Å². The highest BCUT2D eigenvalue weighted by molar-refractivity contribution is 9.10. The highest BCUT2D eigenvalue weighted by atomic mass is 79.9. The molecule has 2 aromatic heterocycles. The van der Waals surface area contributed by atoms with Crippen LogP contribution in [0.1, 0.15) is 71.5 Å². The number of aryl methyl sites for hydroxylation is 1. The highest BCUT2D eigenvalue weighted by Crippen LogP contribution is 2.22. The van der Waals surface area contributed by atoms with Gasteiger partial charge in [0.25, 0.3) is 5.91 Å². The summed E-state index contributed by atoms with van der Waals surface area (Å²) in [7, 11) is 0. The normalized spacial score (nSPS) is 11.5. The number of nitrogens with zero attached hydrogens (tertiary/aromatic N) is 4. The molecule has 0 N–H and O–H groups in total. The summed E-state index contributed by atoms with van der Waals surface area (Å²) in [6.45, 7) is 12.8. The maximum atomic E-state index is 12.9. The van der Waals surface area contributed by atoms with Crippen LogP contribution in [0.4, 0.5) is 5.69 Å². The van der Waals surface area contributed by atoms with E-state index in [0.717, 1.165) is 43.6 Å². The molecule has 2 aromatic rings. The molecule has 0 aromatic carbocycles. The fourth-order valence-corrected chi connectivity index (χ4v) is 3.25. The first-order chi connectivity index (χ1) is 13.7. The number of amides is 1. The molecule has 0 aliphatic carbocycles. The van der Waals surface area contributed by atoms with Gasteiger partial charge in [-0.25, -0.2) is 4.98 Å². The second kappa shape index (κ2) is 10.7. The lowest BCUT2D eigenvalue weighted by Gasteiger charge is -2.24. The van der Waals surface area contributed by atoms with Crippen molar-refractivity contribution in [2.45, 2.75) is 71.6 Å². The van der Waals surface area contributed by atoms with Crippen molar-refractivity contribution < 1.29 is 9.32 Å². The van der Waals surface area contributed by atoms with Gasteiger partial charge in [-0.2, -0.15) is 4.98 Å². The Balaban J connectivity index is 1.91. The number of anilines is 1. The maximum Gasteiger partial charge on any atom is 0.253 e. The molecule has 0 saturated carbocycles. The zero-order chi connectivity index (χ0) is 21.4. The number of rotatable bonds is 10. The number of pyridine rings is 1. The first kappa shape index (κ1) is 23.3. The van der Waals surface area contributed by atoms with Crippen LogP contribution in [0.3, 0.4) is 0 Å². The summed E-state index contributed by atoms with van der Waals surface area (Å²) in [6.07, 6.45) is 6.88. The molecule has 0 aliphatic rings. The smallest absolute Gasteiger partial charge is 0.253 e. The second-order valence-corrected chi connectivity index (χ2v) is 9.04. The van der Waals surface area contributed by atoms with Gasteiger partial charge < -0.3 is 9.42 Å². The van der Waals surface area contributed by atoms with Crippen molar-refractivity contribution in [3.8, 4) is 0 Å². The summed E-state index contributed by atoms with van der Waals surface area (Å²) in [5.74, 6) is 1.40. The van der Waals surface area contributed by atoms with E-state index in [1.165, 1.54) is 0 Å². The van der Waals surface area contributed by atoms with E-state index in [-0.39, 0.29) is 11.3 Å². The van der Waals surface area contributed by atoms with Crippen LogP contribution in [0.25, 0.3) is 0 Å². The van der Waals surface area contributed by atoms with Crippen LogP contribution in [0.5, 0.6) is 0 Å². The van der Waals surface area contributed by atoms with E-state index >= 15 is 0 Å². The zero-order valence-electron chi connectivity index (χ0n) is 17.9. The van der Waals surface area contributed by atoms with Crippen LogP contribution in [0, 0.1) is 0 Å². The number of carbonyl (C=O) groups is 1. The lowest BCUT2D eigenvalue weighted by molar-refractivity contribution is -0.115. The number of halogens is 1. The minimum Gasteiger partial charge on any atom is -0.339 e. The van der Waals surface area contributed by atoms with Crippen LogP contribution in [0.2, 0.25) is 0 Å². The average molecular weight is 463 g/mol. The van der Waals surface area contributed by atoms with Gasteiger partial charge in [-0.05, 0) is 47.3 Å². The fraction of sp³-hybridized carbons (Fsp3) is 0.545. The summed E-state index contributed by atoms with van der Waals surface area (Å²) in [6, 6.07) is 3.72. The SMILES string of the molecule is C=C(CCC)C(=O)N(CCCCCc1noc(C(C)(C)C)n1)c1ccnc(Br)c1. The third kappa shape index (κ3) is 7.07. The minimum absolute atomic E-state index is 0.0158. The Labute approximate surface area is 181 Å². The van der Waals surface area contributed by atoms with E-state index < -0.39 is 0 Å². The van der Waals surface area contributed by atoms with E-state index in [9.17, 15) is 4.79 Å². The van der Waals surface area contributed by atoms with Crippen LogP contribution >= 0.6 is 15.9 Å². The predicted molar refractivity (Wildman–Crippen MR) is 119 cm³/mol. The third-order valence-corrected chi connectivity index (χ3v) is 4.95. The third-order valence-electron chi connectivity index (χ3n) is 4.51. The average Bonchev–Trinajstić information content (AvgIpc) is 3.14. The molecule has 0 bridgehead atoms. The molecule has 158 valence electrons. The number of hydrogen-bond acceptors (Lipinski definition) is 5. The monoisotopic (exact) mass is 462 g/mol.